The summed E-state index contributed by atoms with van der Waals surface area (Å²) in [6.45, 7) is 6.60. The SMILES string of the molecule is Cn1cncc1Oc1ccc(C(C)(C)C)cc1. The molecule has 0 atom stereocenters. The van der Waals surface area contributed by atoms with Gasteiger partial charge in [-0.05, 0) is 23.1 Å². The maximum absolute atomic E-state index is 5.72. The third-order valence-corrected chi connectivity index (χ3v) is 2.72. The molecule has 0 aliphatic rings. The van der Waals surface area contributed by atoms with Crippen molar-refractivity contribution in [2.24, 2.45) is 7.05 Å². The van der Waals surface area contributed by atoms with Crippen molar-refractivity contribution in [3.05, 3.63) is 42.4 Å². The van der Waals surface area contributed by atoms with Gasteiger partial charge < -0.3 is 9.30 Å². The standard InChI is InChI=1S/C14H18N2O/c1-14(2,3)11-5-7-12(8-6-11)17-13-9-15-10-16(13)4/h5-10H,1-4H3. The molecule has 0 unspecified atom stereocenters. The summed E-state index contributed by atoms with van der Waals surface area (Å²) in [5.74, 6) is 1.58. The minimum atomic E-state index is 0.172. The molecule has 0 saturated heterocycles. The first-order valence-corrected chi connectivity index (χ1v) is 5.71. The number of aromatic nitrogens is 2. The van der Waals surface area contributed by atoms with Crippen molar-refractivity contribution in [2.75, 3.05) is 0 Å². The van der Waals surface area contributed by atoms with Gasteiger partial charge in [-0.1, -0.05) is 32.9 Å². The zero-order chi connectivity index (χ0) is 12.5. The Morgan fingerprint density at radius 3 is 2.24 bits per heavy atom. The van der Waals surface area contributed by atoms with Crippen molar-refractivity contribution in [3.63, 3.8) is 0 Å². The number of hydrogen-bond donors (Lipinski definition) is 0. The maximum atomic E-state index is 5.72. The fraction of sp³-hybridized carbons (Fsp3) is 0.357. The molecule has 1 aromatic heterocycles. The summed E-state index contributed by atoms with van der Waals surface area (Å²) in [7, 11) is 1.91. The van der Waals surface area contributed by atoms with Gasteiger partial charge in [0.25, 0.3) is 0 Å². The highest BCUT2D eigenvalue weighted by atomic mass is 16.5. The molecule has 0 amide bonds. The van der Waals surface area contributed by atoms with E-state index in [0.29, 0.717) is 0 Å². The molecule has 17 heavy (non-hydrogen) atoms. The molecule has 1 heterocycles. The largest absolute Gasteiger partial charge is 0.439 e. The van der Waals surface area contributed by atoms with Crippen LogP contribution < -0.4 is 4.74 Å². The van der Waals surface area contributed by atoms with E-state index in [4.69, 9.17) is 4.74 Å². The Labute approximate surface area is 102 Å². The Hall–Kier alpha value is -1.77. The Kier molecular flexibility index (Phi) is 2.92. The molecule has 1 aromatic carbocycles. The Balaban J connectivity index is 2.17. The van der Waals surface area contributed by atoms with Gasteiger partial charge in [0, 0.05) is 7.05 Å². The molecule has 0 aliphatic heterocycles. The monoisotopic (exact) mass is 230 g/mol. The van der Waals surface area contributed by atoms with Crippen LogP contribution in [0, 0.1) is 0 Å². The molecule has 0 spiro atoms. The van der Waals surface area contributed by atoms with E-state index in [1.807, 2.05) is 23.7 Å². The summed E-state index contributed by atoms with van der Waals surface area (Å²) < 4.78 is 7.56. The van der Waals surface area contributed by atoms with Crippen LogP contribution in [0.25, 0.3) is 0 Å². The summed E-state index contributed by atoms with van der Waals surface area (Å²) >= 11 is 0. The lowest BCUT2D eigenvalue weighted by atomic mass is 9.87. The summed E-state index contributed by atoms with van der Waals surface area (Å²) in [5, 5.41) is 0. The fourth-order valence-electron chi connectivity index (χ4n) is 1.59. The zero-order valence-electron chi connectivity index (χ0n) is 10.8. The second-order valence-electron chi connectivity index (χ2n) is 5.22. The summed E-state index contributed by atoms with van der Waals surface area (Å²) in [5.41, 5.74) is 1.47. The smallest absolute Gasteiger partial charge is 0.219 e. The quantitative estimate of drug-likeness (QED) is 0.789. The number of aryl methyl sites for hydroxylation is 1. The molecule has 0 radical (unpaired) electrons. The highest BCUT2D eigenvalue weighted by Gasteiger charge is 2.13. The Morgan fingerprint density at radius 1 is 1.12 bits per heavy atom. The fourth-order valence-corrected chi connectivity index (χ4v) is 1.59. The summed E-state index contributed by atoms with van der Waals surface area (Å²) in [6, 6.07) is 8.19. The predicted molar refractivity (Wildman–Crippen MR) is 68.4 cm³/mol. The minimum absolute atomic E-state index is 0.172. The lowest BCUT2D eigenvalue weighted by Gasteiger charge is -2.19. The Bertz CT molecular complexity index is 492. The van der Waals surface area contributed by atoms with Crippen LogP contribution in [-0.4, -0.2) is 9.55 Å². The number of imidazole rings is 1. The van der Waals surface area contributed by atoms with E-state index in [9.17, 15) is 0 Å². The number of ether oxygens (including phenoxy) is 1. The van der Waals surface area contributed by atoms with Gasteiger partial charge in [-0.25, -0.2) is 4.98 Å². The van der Waals surface area contributed by atoms with Crippen LogP contribution in [0.3, 0.4) is 0 Å². The van der Waals surface area contributed by atoms with Crippen LogP contribution >= 0.6 is 0 Å². The van der Waals surface area contributed by atoms with E-state index in [2.05, 4.69) is 37.9 Å². The molecule has 0 saturated carbocycles. The van der Waals surface area contributed by atoms with E-state index < -0.39 is 0 Å². The highest BCUT2D eigenvalue weighted by Crippen LogP contribution is 2.26. The van der Waals surface area contributed by atoms with Gasteiger partial charge in [-0.3, -0.25) is 0 Å². The third-order valence-electron chi connectivity index (χ3n) is 2.72. The lowest BCUT2D eigenvalue weighted by Crippen LogP contribution is -2.10. The van der Waals surface area contributed by atoms with E-state index in [-0.39, 0.29) is 5.41 Å². The molecular weight excluding hydrogens is 212 g/mol. The van der Waals surface area contributed by atoms with E-state index in [0.717, 1.165) is 11.6 Å². The van der Waals surface area contributed by atoms with Crippen LogP contribution in [0.5, 0.6) is 11.6 Å². The minimum Gasteiger partial charge on any atom is -0.439 e. The van der Waals surface area contributed by atoms with Gasteiger partial charge in [-0.15, -0.1) is 0 Å². The van der Waals surface area contributed by atoms with Crippen LogP contribution in [0.1, 0.15) is 26.3 Å². The van der Waals surface area contributed by atoms with Crippen LogP contribution in [-0.2, 0) is 12.5 Å². The molecule has 0 aliphatic carbocycles. The first-order valence-electron chi connectivity index (χ1n) is 5.71. The highest BCUT2D eigenvalue weighted by molar-refractivity contribution is 5.33. The van der Waals surface area contributed by atoms with Crippen molar-refractivity contribution in [1.82, 2.24) is 9.55 Å². The molecule has 0 bridgehead atoms. The van der Waals surface area contributed by atoms with Crippen LogP contribution in [0.15, 0.2) is 36.8 Å². The second kappa shape index (κ2) is 4.24. The average Bonchev–Trinajstić information content (AvgIpc) is 2.64. The normalized spacial score (nSPS) is 11.5. The molecule has 2 aromatic rings. The molecule has 2 rings (SSSR count). The zero-order valence-corrected chi connectivity index (χ0v) is 10.8. The van der Waals surface area contributed by atoms with Crippen molar-refractivity contribution in [2.45, 2.75) is 26.2 Å². The number of nitrogens with zero attached hydrogens (tertiary/aromatic N) is 2. The van der Waals surface area contributed by atoms with E-state index in [1.54, 1.807) is 12.5 Å². The number of rotatable bonds is 2. The van der Waals surface area contributed by atoms with Crippen LogP contribution in [0.2, 0.25) is 0 Å². The summed E-state index contributed by atoms with van der Waals surface area (Å²) in [6.07, 6.45) is 3.43. The number of benzene rings is 1. The average molecular weight is 230 g/mol. The van der Waals surface area contributed by atoms with Crippen molar-refractivity contribution >= 4 is 0 Å². The second-order valence-corrected chi connectivity index (χ2v) is 5.22. The van der Waals surface area contributed by atoms with Gasteiger partial charge in [0.05, 0.1) is 12.5 Å². The molecule has 3 nitrogen and oxygen atoms in total. The third kappa shape index (κ3) is 2.67. The van der Waals surface area contributed by atoms with Gasteiger partial charge in [0.1, 0.15) is 5.75 Å². The van der Waals surface area contributed by atoms with Gasteiger partial charge in [0.2, 0.25) is 5.88 Å². The lowest BCUT2D eigenvalue weighted by molar-refractivity contribution is 0.442. The molecule has 3 heteroatoms. The molecular formula is C14H18N2O. The van der Waals surface area contributed by atoms with E-state index >= 15 is 0 Å². The maximum Gasteiger partial charge on any atom is 0.219 e. The van der Waals surface area contributed by atoms with Gasteiger partial charge in [-0.2, -0.15) is 0 Å². The number of hydrogen-bond acceptors (Lipinski definition) is 2. The topological polar surface area (TPSA) is 27.1 Å². The molecule has 0 N–H and O–H groups in total. The van der Waals surface area contributed by atoms with Crippen LogP contribution in [0.4, 0.5) is 0 Å². The first-order chi connectivity index (χ1) is 7.97. The first kappa shape index (κ1) is 11.7. The molecule has 0 fully saturated rings. The van der Waals surface area contributed by atoms with Gasteiger partial charge >= 0.3 is 0 Å². The van der Waals surface area contributed by atoms with Gasteiger partial charge in [0.15, 0.2) is 0 Å². The van der Waals surface area contributed by atoms with E-state index in [1.165, 1.54) is 5.56 Å². The van der Waals surface area contributed by atoms with Crippen molar-refractivity contribution < 1.29 is 4.74 Å². The van der Waals surface area contributed by atoms with Crippen molar-refractivity contribution in [1.29, 1.82) is 0 Å². The predicted octanol–water partition coefficient (Wildman–Crippen LogP) is 3.51. The summed E-state index contributed by atoms with van der Waals surface area (Å²) in [4.78, 5) is 4.01. The van der Waals surface area contributed by atoms with Crippen molar-refractivity contribution in [3.8, 4) is 11.6 Å². The Morgan fingerprint density at radius 2 is 1.76 bits per heavy atom. The molecule has 90 valence electrons.